The molecule has 3 aromatic carbocycles. The van der Waals surface area contributed by atoms with Crippen LogP contribution in [0.1, 0.15) is 16.1 Å². The minimum absolute atomic E-state index is 0.229. The van der Waals surface area contributed by atoms with Crippen LogP contribution in [0.25, 0.3) is 21.7 Å². The molecule has 28 heavy (non-hydrogen) atoms. The maximum atomic E-state index is 12.8. The Balaban J connectivity index is 1.59. The number of nitrogens with one attached hydrogen (secondary N) is 2. The average Bonchev–Trinajstić information content (AvgIpc) is 2.68. The van der Waals surface area contributed by atoms with Gasteiger partial charge in [-0.1, -0.05) is 58.4 Å². The van der Waals surface area contributed by atoms with E-state index in [1.54, 1.807) is 6.07 Å². The Labute approximate surface area is 176 Å². The van der Waals surface area contributed by atoms with Crippen molar-refractivity contribution in [1.82, 2.24) is 10.3 Å². The Kier molecular flexibility index (Phi) is 5.07. The highest BCUT2D eigenvalue weighted by atomic mass is 79.9. The second-order valence-electron chi connectivity index (χ2n) is 6.38. The van der Waals surface area contributed by atoms with E-state index in [4.69, 9.17) is 12.2 Å². The zero-order chi connectivity index (χ0) is 19.7. The molecule has 6 heteroatoms. The Hall–Kier alpha value is -2.83. The van der Waals surface area contributed by atoms with E-state index in [1.165, 1.54) is 0 Å². The number of thiocarbonyl (C=S) groups is 1. The van der Waals surface area contributed by atoms with E-state index in [0.29, 0.717) is 5.56 Å². The Bertz CT molecular complexity index is 1240. The lowest BCUT2D eigenvalue weighted by molar-refractivity contribution is 0.0979. The molecule has 0 spiro atoms. The number of hydrogen-bond donors (Lipinski definition) is 2. The SMILES string of the molecule is Cc1ccc2cccc(NC(=S)NC(=O)c3cccc4c(Br)cccc34)c2n1. The first-order chi connectivity index (χ1) is 13.5. The monoisotopic (exact) mass is 449 g/mol. The molecule has 1 aromatic heterocycles. The normalized spacial score (nSPS) is 10.8. The summed E-state index contributed by atoms with van der Waals surface area (Å²) in [4.78, 5) is 17.4. The van der Waals surface area contributed by atoms with Crippen LogP contribution >= 0.6 is 28.1 Å². The summed E-state index contributed by atoms with van der Waals surface area (Å²) in [5, 5.41) is 8.94. The molecule has 0 aliphatic heterocycles. The Morgan fingerprint density at radius 3 is 2.57 bits per heavy atom. The van der Waals surface area contributed by atoms with Gasteiger partial charge in [-0.05, 0) is 54.2 Å². The maximum Gasteiger partial charge on any atom is 0.258 e. The molecule has 1 heterocycles. The van der Waals surface area contributed by atoms with Gasteiger partial charge >= 0.3 is 0 Å². The fourth-order valence-corrected chi connectivity index (χ4v) is 3.84. The van der Waals surface area contributed by atoms with Crippen molar-refractivity contribution in [3.63, 3.8) is 0 Å². The molecule has 4 rings (SSSR count). The number of rotatable bonds is 2. The Morgan fingerprint density at radius 2 is 1.71 bits per heavy atom. The van der Waals surface area contributed by atoms with Crippen LogP contribution in [0.15, 0.2) is 71.2 Å². The van der Waals surface area contributed by atoms with Gasteiger partial charge in [0.25, 0.3) is 5.91 Å². The van der Waals surface area contributed by atoms with Crippen LogP contribution in [0, 0.1) is 6.92 Å². The van der Waals surface area contributed by atoms with Gasteiger partial charge in [-0.15, -0.1) is 0 Å². The lowest BCUT2D eigenvalue weighted by Crippen LogP contribution is -2.34. The van der Waals surface area contributed by atoms with Crippen molar-refractivity contribution >= 4 is 66.5 Å². The van der Waals surface area contributed by atoms with E-state index >= 15 is 0 Å². The van der Waals surface area contributed by atoms with Crippen molar-refractivity contribution in [2.45, 2.75) is 6.92 Å². The molecular formula is C22H16BrN3OS. The first-order valence-electron chi connectivity index (χ1n) is 8.69. The second-order valence-corrected chi connectivity index (χ2v) is 7.64. The summed E-state index contributed by atoms with van der Waals surface area (Å²) >= 11 is 8.90. The highest BCUT2D eigenvalue weighted by molar-refractivity contribution is 9.10. The van der Waals surface area contributed by atoms with Gasteiger partial charge in [0.05, 0.1) is 11.2 Å². The third kappa shape index (κ3) is 3.61. The van der Waals surface area contributed by atoms with Gasteiger partial charge in [0, 0.05) is 21.1 Å². The molecule has 4 nitrogen and oxygen atoms in total. The zero-order valence-corrected chi connectivity index (χ0v) is 17.4. The quantitative estimate of drug-likeness (QED) is 0.391. The van der Waals surface area contributed by atoms with E-state index in [9.17, 15) is 4.79 Å². The van der Waals surface area contributed by atoms with Crippen molar-refractivity contribution in [3.05, 3.63) is 82.5 Å². The lowest BCUT2D eigenvalue weighted by Gasteiger charge is -2.13. The zero-order valence-electron chi connectivity index (χ0n) is 15.0. The predicted molar refractivity (Wildman–Crippen MR) is 122 cm³/mol. The van der Waals surface area contributed by atoms with Crippen LogP contribution < -0.4 is 10.6 Å². The fourth-order valence-electron chi connectivity index (χ4n) is 3.14. The molecule has 0 radical (unpaired) electrons. The molecule has 0 atom stereocenters. The number of aryl methyl sites for hydroxylation is 1. The third-order valence-corrected chi connectivity index (χ3v) is 5.34. The number of benzene rings is 3. The number of anilines is 1. The number of pyridine rings is 1. The standard InChI is InChI=1S/C22H16BrN3OS/c1-13-11-12-14-5-2-10-19(20(14)24-13)25-22(28)26-21(27)17-8-3-7-16-15(17)6-4-9-18(16)23/h2-12H,1H3,(H2,25,26,27,28). The van der Waals surface area contributed by atoms with Gasteiger partial charge < -0.3 is 5.32 Å². The van der Waals surface area contributed by atoms with Gasteiger partial charge in [0.2, 0.25) is 0 Å². The number of para-hydroxylation sites is 1. The molecule has 0 fully saturated rings. The number of fused-ring (bicyclic) bond motifs is 2. The van der Waals surface area contributed by atoms with Crippen LogP contribution in [0.5, 0.6) is 0 Å². The van der Waals surface area contributed by atoms with Gasteiger partial charge in [0.15, 0.2) is 5.11 Å². The highest BCUT2D eigenvalue weighted by Crippen LogP contribution is 2.26. The number of carbonyl (C=O) groups is 1. The largest absolute Gasteiger partial charge is 0.331 e. The van der Waals surface area contributed by atoms with Crippen LogP contribution in [0.3, 0.4) is 0 Å². The third-order valence-electron chi connectivity index (χ3n) is 4.45. The summed E-state index contributed by atoms with van der Waals surface area (Å²) in [6.07, 6.45) is 0. The topological polar surface area (TPSA) is 54.0 Å². The van der Waals surface area contributed by atoms with Crippen LogP contribution in [-0.2, 0) is 0 Å². The molecule has 0 saturated carbocycles. The molecular weight excluding hydrogens is 434 g/mol. The number of hydrogen-bond acceptors (Lipinski definition) is 3. The molecule has 2 N–H and O–H groups in total. The fraction of sp³-hybridized carbons (Fsp3) is 0.0455. The van der Waals surface area contributed by atoms with Gasteiger partial charge in [-0.25, -0.2) is 0 Å². The lowest BCUT2D eigenvalue weighted by atomic mass is 10.0. The van der Waals surface area contributed by atoms with E-state index in [1.807, 2.05) is 67.6 Å². The van der Waals surface area contributed by atoms with Crippen molar-refractivity contribution in [2.75, 3.05) is 5.32 Å². The predicted octanol–water partition coefficient (Wildman–Crippen LogP) is 5.59. The van der Waals surface area contributed by atoms with Crippen molar-refractivity contribution in [1.29, 1.82) is 0 Å². The van der Waals surface area contributed by atoms with Gasteiger partial charge in [0.1, 0.15) is 0 Å². The van der Waals surface area contributed by atoms with Crippen molar-refractivity contribution in [2.24, 2.45) is 0 Å². The van der Waals surface area contributed by atoms with E-state index < -0.39 is 0 Å². The summed E-state index contributed by atoms with van der Waals surface area (Å²) in [6.45, 7) is 1.94. The molecule has 0 aliphatic carbocycles. The van der Waals surface area contributed by atoms with E-state index in [2.05, 4.69) is 31.5 Å². The molecule has 138 valence electrons. The summed E-state index contributed by atoms with van der Waals surface area (Å²) in [5.74, 6) is -0.259. The summed E-state index contributed by atoms with van der Waals surface area (Å²) in [7, 11) is 0. The van der Waals surface area contributed by atoms with Crippen molar-refractivity contribution < 1.29 is 4.79 Å². The highest BCUT2D eigenvalue weighted by Gasteiger charge is 2.13. The van der Waals surface area contributed by atoms with Crippen LogP contribution in [0.4, 0.5) is 5.69 Å². The molecule has 4 aromatic rings. The molecule has 0 unspecified atom stereocenters. The minimum atomic E-state index is -0.259. The summed E-state index contributed by atoms with van der Waals surface area (Å²) in [5.41, 5.74) is 3.05. The summed E-state index contributed by atoms with van der Waals surface area (Å²) in [6, 6.07) is 21.2. The Morgan fingerprint density at radius 1 is 0.964 bits per heavy atom. The molecule has 0 bridgehead atoms. The molecule has 1 amide bonds. The number of aromatic nitrogens is 1. The van der Waals surface area contributed by atoms with Crippen LogP contribution in [-0.4, -0.2) is 16.0 Å². The van der Waals surface area contributed by atoms with E-state index in [-0.39, 0.29) is 11.0 Å². The summed E-state index contributed by atoms with van der Waals surface area (Å²) < 4.78 is 0.942. The van der Waals surface area contributed by atoms with E-state index in [0.717, 1.165) is 37.5 Å². The molecule has 0 saturated heterocycles. The van der Waals surface area contributed by atoms with Crippen LogP contribution in [0.2, 0.25) is 0 Å². The minimum Gasteiger partial charge on any atom is -0.331 e. The number of carbonyl (C=O) groups excluding carboxylic acids is 1. The van der Waals surface area contributed by atoms with Gasteiger partial charge in [-0.3, -0.25) is 15.1 Å². The number of halogens is 1. The average molecular weight is 450 g/mol. The smallest absolute Gasteiger partial charge is 0.258 e. The first-order valence-corrected chi connectivity index (χ1v) is 9.89. The molecule has 0 aliphatic rings. The van der Waals surface area contributed by atoms with Gasteiger partial charge in [-0.2, -0.15) is 0 Å². The van der Waals surface area contributed by atoms with Crippen molar-refractivity contribution in [3.8, 4) is 0 Å². The maximum absolute atomic E-state index is 12.8. The number of amides is 1. The second kappa shape index (κ2) is 7.66. The number of nitrogens with zero attached hydrogens (tertiary/aromatic N) is 1. The first kappa shape index (κ1) is 18.5.